The minimum Gasteiger partial charge on any atom is -0.396 e. The summed E-state index contributed by atoms with van der Waals surface area (Å²) in [7, 11) is 0. The average molecular weight is 288 g/mol. The third-order valence-corrected chi connectivity index (χ3v) is 3.98. The molecule has 1 fully saturated rings. The molecule has 1 aliphatic rings. The summed E-state index contributed by atoms with van der Waals surface area (Å²) in [6.45, 7) is 1.53. The van der Waals surface area contributed by atoms with E-state index in [1.165, 1.54) is 0 Å². The fourth-order valence-electron chi connectivity index (χ4n) is 2.14. The second kappa shape index (κ2) is 5.91. The molecular formula is C13H15Cl2NO2. The summed E-state index contributed by atoms with van der Waals surface area (Å²) < 4.78 is 0. The monoisotopic (exact) mass is 287 g/mol. The van der Waals surface area contributed by atoms with Crippen molar-refractivity contribution in [1.29, 1.82) is 0 Å². The van der Waals surface area contributed by atoms with Crippen LogP contribution in [0.2, 0.25) is 10.0 Å². The van der Waals surface area contributed by atoms with Crippen LogP contribution in [0.1, 0.15) is 12.0 Å². The molecule has 0 bridgehead atoms. The van der Waals surface area contributed by atoms with Crippen molar-refractivity contribution < 1.29 is 9.90 Å². The first-order chi connectivity index (χ1) is 8.60. The van der Waals surface area contributed by atoms with Crippen molar-refractivity contribution in [2.24, 2.45) is 5.92 Å². The highest BCUT2D eigenvalue weighted by Crippen LogP contribution is 2.23. The molecule has 1 aromatic carbocycles. The fraction of sp³-hybridized carbons (Fsp3) is 0.462. The number of nitrogens with zero attached hydrogens (tertiary/aromatic N) is 1. The predicted molar refractivity (Wildman–Crippen MR) is 71.9 cm³/mol. The van der Waals surface area contributed by atoms with Crippen LogP contribution >= 0.6 is 23.2 Å². The zero-order valence-electron chi connectivity index (χ0n) is 9.90. The number of likely N-dealkylation sites (tertiary alicyclic amines) is 1. The highest BCUT2D eigenvalue weighted by Gasteiger charge is 2.25. The standard InChI is InChI=1S/C13H15Cl2NO2/c14-11-2-1-9(5-12(11)15)6-13(18)16-4-3-10(7-16)8-17/h1-2,5,10,17H,3-4,6-8H2. The van der Waals surface area contributed by atoms with Crippen LogP contribution in [0, 0.1) is 5.92 Å². The third-order valence-electron chi connectivity index (χ3n) is 3.24. The maximum Gasteiger partial charge on any atom is 0.227 e. The summed E-state index contributed by atoms with van der Waals surface area (Å²) in [6.07, 6.45) is 1.21. The van der Waals surface area contributed by atoms with Gasteiger partial charge in [-0.05, 0) is 24.1 Å². The second-order valence-electron chi connectivity index (χ2n) is 4.60. The van der Waals surface area contributed by atoms with E-state index in [4.69, 9.17) is 28.3 Å². The van der Waals surface area contributed by atoms with Crippen molar-refractivity contribution in [2.75, 3.05) is 19.7 Å². The summed E-state index contributed by atoms with van der Waals surface area (Å²) in [5.41, 5.74) is 0.863. The Morgan fingerprint density at radius 1 is 1.39 bits per heavy atom. The molecule has 0 aromatic heterocycles. The van der Waals surface area contributed by atoms with Crippen LogP contribution < -0.4 is 0 Å². The molecule has 1 atom stereocenters. The highest BCUT2D eigenvalue weighted by molar-refractivity contribution is 6.42. The summed E-state index contributed by atoms with van der Waals surface area (Å²) in [5.74, 6) is 0.298. The molecule has 1 aromatic rings. The van der Waals surface area contributed by atoms with E-state index < -0.39 is 0 Å². The molecule has 2 rings (SSSR count). The van der Waals surface area contributed by atoms with Gasteiger partial charge >= 0.3 is 0 Å². The molecule has 0 radical (unpaired) electrons. The van der Waals surface area contributed by atoms with Crippen LogP contribution in [-0.2, 0) is 11.2 Å². The first kappa shape index (κ1) is 13.7. The zero-order chi connectivity index (χ0) is 13.1. The van der Waals surface area contributed by atoms with Gasteiger partial charge in [0.1, 0.15) is 0 Å². The van der Waals surface area contributed by atoms with Gasteiger partial charge in [-0.15, -0.1) is 0 Å². The van der Waals surface area contributed by atoms with Gasteiger partial charge in [0.05, 0.1) is 16.5 Å². The predicted octanol–water partition coefficient (Wildman–Crippen LogP) is 2.38. The Labute approximate surface area is 116 Å². The van der Waals surface area contributed by atoms with Gasteiger partial charge in [-0.3, -0.25) is 4.79 Å². The van der Waals surface area contributed by atoms with E-state index in [2.05, 4.69) is 0 Å². The van der Waals surface area contributed by atoms with Gasteiger partial charge in [0.2, 0.25) is 5.91 Å². The average Bonchev–Trinajstić information content (AvgIpc) is 2.82. The Kier molecular flexibility index (Phi) is 4.49. The normalized spacial score (nSPS) is 19.3. The topological polar surface area (TPSA) is 40.5 Å². The van der Waals surface area contributed by atoms with E-state index in [9.17, 15) is 4.79 Å². The lowest BCUT2D eigenvalue weighted by molar-refractivity contribution is -0.129. The molecule has 1 unspecified atom stereocenters. The van der Waals surface area contributed by atoms with E-state index in [1.807, 2.05) is 6.07 Å². The second-order valence-corrected chi connectivity index (χ2v) is 5.42. The van der Waals surface area contributed by atoms with Gasteiger partial charge in [0.25, 0.3) is 0 Å². The lowest BCUT2D eigenvalue weighted by Gasteiger charge is -2.16. The molecule has 98 valence electrons. The van der Waals surface area contributed by atoms with Gasteiger partial charge in [-0.25, -0.2) is 0 Å². The Balaban J connectivity index is 1.97. The number of amides is 1. The van der Waals surface area contributed by atoms with Crippen LogP contribution in [0.25, 0.3) is 0 Å². The van der Waals surface area contributed by atoms with Crippen LogP contribution in [0.15, 0.2) is 18.2 Å². The molecule has 1 saturated heterocycles. The molecule has 0 spiro atoms. The number of benzene rings is 1. The number of rotatable bonds is 3. The van der Waals surface area contributed by atoms with Crippen LogP contribution in [0.4, 0.5) is 0 Å². The minimum absolute atomic E-state index is 0.0735. The van der Waals surface area contributed by atoms with Crippen LogP contribution in [-0.4, -0.2) is 35.6 Å². The quantitative estimate of drug-likeness (QED) is 0.927. The maximum atomic E-state index is 12.0. The van der Waals surface area contributed by atoms with E-state index >= 15 is 0 Å². The number of carbonyl (C=O) groups excluding carboxylic acids is 1. The number of carbonyl (C=O) groups is 1. The Morgan fingerprint density at radius 2 is 2.17 bits per heavy atom. The Morgan fingerprint density at radius 3 is 2.78 bits per heavy atom. The van der Waals surface area contributed by atoms with Gasteiger partial charge in [-0.1, -0.05) is 29.3 Å². The molecule has 1 amide bonds. The summed E-state index contributed by atoms with van der Waals surface area (Å²) >= 11 is 11.7. The first-order valence-corrected chi connectivity index (χ1v) is 6.68. The minimum atomic E-state index is 0.0735. The van der Waals surface area contributed by atoms with Crippen molar-refractivity contribution in [2.45, 2.75) is 12.8 Å². The molecule has 18 heavy (non-hydrogen) atoms. The van der Waals surface area contributed by atoms with Crippen LogP contribution in [0.3, 0.4) is 0 Å². The molecule has 1 aliphatic heterocycles. The van der Waals surface area contributed by atoms with Crippen molar-refractivity contribution in [1.82, 2.24) is 4.90 Å². The van der Waals surface area contributed by atoms with Crippen molar-refractivity contribution in [3.05, 3.63) is 33.8 Å². The lowest BCUT2D eigenvalue weighted by Crippen LogP contribution is -2.30. The van der Waals surface area contributed by atoms with Crippen molar-refractivity contribution in [3.8, 4) is 0 Å². The van der Waals surface area contributed by atoms with Gasteiger partial charge in [0.15, 0.2) is 0 Å². The Bertz CT molecular complexity index is 451. The number of hydrogen-bond donors (Lipinski definition) is 1. The molecule has 1 heterocycles. The van der Waals surface area contributed by atoms with E-state index in [-0.39, 0.29) is 18.4 Å². The van der Waals surface area contributed by atoms with Gasteiger partial charge in [-0.2, -0.15) is 0 Å². The summed E-state index contributed by atoms with van der Waals surface area (Å²) in [5, 5.41) is 10.0. The van der Waals surface area contributed by atoms with E-state index in [1.54, 1.807) is 17.0 Å². The van der Waals surface area contributed by atoms with Crippen LogP contribution in [0.5, 0.6) is 0 Å². The van der Waals surface area contributed by atoms with E-state index in [0.29, 0.717) is 23.0 Å². The highest BCUT2D eigenvalue weighted by atomic mass is 35.5. The molecule has 0 saturated carbocycles. The third kappa shape index (κ3) is 3.16. The molecule has 1 N–H and O–H groups in total. The van der Waals surface area contributed by atoms with Crippen molar-refractivity contribution in [3.63, 3.8) is 0 Å². The number of hydrogen-bond acceptors (Lipinski definition) is 2. The summed E-state index contributed by atoms with van der Waals surface area (Å²) in [6, 6.07) is 5.24. The number of halogens is 2. The smallest absolute Gasteiger partial charge is 0.227 e. The van der Waals surface area contributed by atoms with Gasteiger partial charge in [0, 0.05) is 25.6 Å². The zero-order valence-corrected chi connectivity index (χ0v) is 11.4. The molecule has 3 nitrogen and oxygen atoms in total. The van der Waals surface area contributed by atoms with E-state index in [0.717, 1.165) is 18.5 Å². The summed E-state index contributed by atoms with van der Waals surface area (Å²) in [4.78, 5) is 13.8. The maximum absolute atomic E-state index is 12.0. The first-order valence-electron chi connectivity index (χ1n) is 5.92. The van der Waals surface area contributed by atoms with Gasteiger partial charge < -0.3 is 10.0 Å². The molecular weight excluding hydrogens is 273 g/mol. The fourth-order valence-corrected chi connectivity index (χ4v) is 2.46. The SMILES string of the molecule is O=C(Cc1ccc(Cl)c(Cl)c1)N1CCC(CO)C1. The molecule has 5 heteroatoms. The Hall–Kier alpha value is -0.770. The molecule has 0 aliphatic carbocycles. The number of aliphatic hydroxyl groups is 1. The lowest BCUT2D eigenvalue weighted by atomic mass is 10.1. The van der Waals surface area contributed by atoms with Crippen molar-refractivity contribution >= 4 is 29.1 Å². The number of aliphatic hydroxyl groups excluding tert-OH is 1. The largest absolute Gasteiger partial charge is 0.396 e.